The fourth-order valence-electron chi connectivity index (χ4n) is 3.22. The van der Waals surface area contributed by atoms with Gasteiger partial charge in [0.25, 0.3) is 5.82 Å². The van der Waals surface area contributed by atoms with E-state index in [1.54, 1.807) is 28.9 Å². The summed E-state index contributed by atoms with van der Waals surface area (Å²) in [4.78, 5) is 29.5. The number of benzene rings is 3. The number of nitrogens with zero attached hydrogens (tertiary/aromatic N) is 3. The first-order valence-corrected chi connectivity index (χ1v) is 10.8. The maximum atomic E-state index is 12.7. The molecule has 0 atom stereocenters. The quantitative estimate of drug-likeness (QED) is 0.269. The number of aryl methyl sites for hydroxylation is 1. The van der Waals surface area contributed by atoms with Gasteiger partial charge in [-0.15, -0.1) is 5.10 Å². The fourth-order valence-corrected chi connectivity index (χ4v) is 3.48. The fraction of sp³-hybridized carbons (Fsp3) is 0.120. The summed E-state index contributed by atoms with van der Waals surface area (Å²) in [5, 5.41) is 4.43. The van der Waals surface area contributed by atoms with Crippen LogP contribution in [0.25, 0.3) is 17.1 Å². The molecule has 7 heteroatoms. The largest absolute Gasteiger partial charge is 0.451 e. The van der Waals surface area contributed by atoms with E-state index in [4.69, 9.17) is 4.74 Å². The maximum Gasteiger partial charge on any atom is 0.378 e. The second-order valence-corrected chi connectivity index (χ2v) is 8.18. The highest BCUT2D eigenvalue weighted by atomic mass is 79.9. The molecule has 0 saturated heterocycles. The first-order valence-electron chi connectivity index (χ1n) is 9.99. The molecule has 0 N–H and O–H groups in total. The zero-order chi connectivity index (χ0) is 22.7. The Morgan fingerprint density at radius 2 is 1.66 bits per heavy atom. The summed E-state index contributed by atoms with van der Waals surface area (Å²) in [5.74, 6) is -0.640. The van der Waals surface area contributed by atoms with E-state index in [1.807, 2.05) is 62.4 Å². The molecule has 0 radical (unpaired) electrons. The summed E-state index contributed by atoms with van der Waals surface area (Å²) in [6, 6.07) is 22.2. The minimum absolute atomic E-state index is 0.103. The number of hydrogen-bond acceptors (Lipinski definition) is 5. The average Bonchev–Trinajstić information content (AvgIpc) is 3.25. The van der Waals surface area contributed by atoms with Crippen LogP contribution >= 0.6 is 15.9 Å². The molecule has 3 aromatic carbocycles. The number of rotatable bonds is 6. The number of carbonyl (C=O) groups excluding carboxylic acids is 2. The number of aromatic nitrogens is 3. The van der Waals surface area contributed by atoms with Crippen LogP contribution in [-0.4, -0.2) is 33.1 Å². The summed E-state index contributed by atoms with van der Waals surface area (Å²) in [7, 11) is 0. The van der Waals surface area contributed by atoms with Gasteiger partial charge < -0.3 is 4.74 Å². The third kappa shape index (κ3) is 4.53. The van der Waals surface area contributed by atoms with E-state index in [0.29, 0.717) is 11.4 Å². The number of hydrogen-bond donors (Lipinski definition) is 0. The van der Waals surface area contributed by atoms with E-state index in [9.17, 15) is 9.59 Å². The van der Waals surface area contributed by atoms with Gasteiger partial charge in [0.1, 0.15) is 0 Å². The minimum Gasteiger partial charge on any atom is -0.451 e. The van der Waals surface area contributed by atoms with Gasteiger partial charge in [0.15, 0.2) is 18.2 Å². The lowest BCUT2D eigenvalue weighted by molar-refractivity contribution is 0.0462. The first kappa shape index (κ1) is 21.6. The highest BCUT2D eigenvalue weighted by Gasteiger charge is 2.22. The molecule has 4 aromatic rings. The normalized spacial score (nSPS) is 10.7. The molecule has 0 unspecified atom stereocenters. The van der Waals surface area contributed by atoms with E-state index >= 15 is 0 Å². The second kappa shape index (κ2) is 9.28. The Morgan fingerprint density at radius 1 is 0.938 bits per heavy atom. The molecule has 0 amide bonds. The van der Waals surface area contributed by atoms with Crippen LogP contribution in [0.5, 0.6) is 0 Å². The molecular formula is C25H20BrN3O3. The predicted octanol–water partition coefficient (Wildman–Crippen LogP) is 5.35. The first-order chi connectivity index (χ1) is 15.4. The van der Waals surface area contributed by atoms with Gasteiger partial charge in [-0.1, -0.05) is 70.5 Å². The Hall–Kier alpha value is -3.58. The molecule has 1 aromatic heterocycles. The second-order valence-electron chi connectivity index (χ2n) is 7.26. The van der Waals surface area contributed by atoms with Crippen molar-refractivity contribution in [2.24, 2.45) is 0 Å². The summed E-state index contributed by atoms with van der Waals surface area (Å²) in [5.41, 5.74) is 4.22. The topological polar surface area (TPSA) is 74.1 Å². The predicted molar refractivity (Wildman–Crippen MR) is 125 cm³/mol. The SMILES string of the molecule is Cc1cccc(-n2nc(C(=O)OCC(=O)c3ccc(Br)cc3)nc2-c2ccccc2)c1C. The molecular weight excluding hydrogens is 470 g/mol. The standard InChI is InChI=1S/C25H20BrN3O3/c1-16-7-6-10-21(17(16)2)29-24(19-8-4-3-5-9-19)27-23(28-29)25(31)32-15-22(30)18-11-13-20(26)14-12-18/h3-14H,15H2,1-2H3. The van der Waals surface area contributed by atoms with Crippen molar-refractivity contribution >= 4 is 27.7 Å². The number of halogens is 1. The van der Waals surface area contributed by atoms with Crippen LogP contribution in [0.4, 0.5) is 0 Å². The van der Waals surface area contributed by atoms with Gasteiger partial charge in [-0.2, -0.15) is 0 Å². The van der Waals surface area contributed by atoms with E-state index in [2.05, 4.69) is 26.0 Å². The number of ether oxygens (including phenoxy) is 1. The van der Waals surface area contributed by atoms with Crippen molar-refractivity contribution in [3.05, 3.63) is 99.8 Å². The summed E-state index contributed by atoms with van der Waals surface area (Å²) < 4.78 is 7.74. The Balaban J connectivity index is 1.63. The molecule has 0 fully saturated rings. The number of carbonyl (C=O) groups is 2. The molecule has 32 heavy (non-hydrogen) atoms. The van der Waals surface area contributed by atoms with Crippen LogP contribution in [0.1, 0.15) is 32.1 Å². The number of Topliss-reactive ketones (excluding diaryl/α,β-unsaturated/α-hetero) is 1. The lowest BCUT2D eigenvalue weighted by Gasteiger charge is -2.10. The Labute approximate surface area is 194 Å². The highest BCUT2D eigenvalue weighted by molar-refractivity contribution is 9.10. The van der Waals surface area contributed by atoms with Crippen molar-refractivity contribution in [1.29, 1.82) is 0 Å². The molecule has 0 aliphatic heterocycles. The van der Waals surface area contributed by atoms with Crippen LogP contribution < -0.4 is 0 Å². The Morgan fingerprint density at radius 3 is 2.38 bits per heavy atom. The van der Waals surface area contributed by atoms with Crippen LogP contribution in [0.2, 0.25) is 0 Å². The molecule has 0 saturated carbocycles. The van der Waals surface area contributed by atoms with Gasteiger partial charge >= 0.3 is 5.97 Å². The van der Waals surface area contributed by atoms with Gasteiger partial charge in [-0.25, -0.2) is 14.5 Å². The zero-order valence-corrected chi connectivity index (χ0v) is 19.2. The van der Waals surface area contributed by atoms with E-state index in [0.717, 1.165) is 26.9 Å². The highest BCUT2D eigenvalue weighted by Crippen LogP contribution is 2.24. The summed E-state index contributed by atoms with van der Waals surface area (Å²) in [6.07, 6.45) is 0. The van der Waals surface area contributed by atoms with Crippen LogP contribution in [-0.2, 0) is 4.74 Å². The van der Waals surface area contributed by atoms with Gasteiger partial charge in [0, 0.05) is 15.6 Å². The van der Waals surface area contributed by atoms with Crippen molar-refractivity contribution < 1.29 is 14.3 Å². The van der Waals surface area contributed by atoms with E-state index in [1.165, 1.54) is 0 Å². The van der Waals surface area contributed by atoms with Crippen LogP contribution in [0.15, 0.2) is 77.3 Å². The van der Waals surface area contributed by atoms with Crippen molar-refractivity contribution in [1.82, 2.24) is 14.8 Å². The molecule has 0 aliphatic rings. The third-order valence-electron chi connectivity index (χ3n) is 5.13. The zero-order valence-electron chi connectivity index (χ0n) is 17.6. The van der Waals surface area contributed by atoms with Gasteiger partial charge in [-0.3, -0.25) is 4.79 Å². The average molecular weight is 490 g/mol. The minimum atomic E-state index is -0.753. The Kier molecular flexibility index (Phi) is 6.28. The van der Waals surface area contributed by atoms with E-state index in [-0.39, 0.29) is 18.2 Å². The molecule has 0 bridgehead atoms. The van der Waals surface area contributed by atoms with Crippen LogP contribution in [0, 0.1) is 13.8 Å². The summed E-state index contributed by atoms with van der Waals surface area (Å²) in [6.45, 7) is 3.62. The molecule has 160 valence electrons. The Bertz CT molecular complexity index is 1280. The van der Waals surface area contributed by atoms with Gasteiger partial charge in [-0.05, 0) is 43.2 Å². The maximum absolute atomic E-state index is 12.7. The van der Waals surface area contributed by atoms with Crippen molar-refractivity contribution in [2.45, 2.75) is 13.8 Å². The molecule has 0 aliphatic carbocycles. The molecule has 4 rings (SSSR count). The monoisotopic (exact) mass is 489 g/mol. The number of ketones is 1. The van der Waals surface area contributed by atoms with E-state index < -0.39 is 5.97 Å². The van der Waals surface area contributed by atoms with Gasteiger partial charge in [0.05, 0.1) is 5.69 Å². The third-order valence-corrected chi connectivity index (χ3v) is 5.66. The summed E-state index contributed by atoms with van der Waals surface area (Å²) >= 11 is 3.33. The van der Waals surface area contributed by atoms with Crippen molar-refractivity contribution in [3.8, 4) is 17.1 Å². The molecule has 0 spiro atoms. The molecule has 1 heterocycles. The van der Waals surface area contributed by atoms with Gasteiger partial charge in [0.2, 0.25) is 0 Å². The van der Waals surface area contributed by atoms with Crippen molar-refractivity contribution in [3.63, 3.8) is 0 Å². The van der Waals surface area contributed by atoms with Crippen molar-refractivity contribution in [2.75, 3.05) is 6.61 Å². The lowest BCUT2D eigenvalue weighted by atomic mass is 10.1. The molecule has 6 nitrogen and oxygen atoms in total. The van der Waals surface area contributed by atoms with Crippen LogP contribution in [0.3, 0.4) is 0 Å². The smallest absolute Gasteiger partial charge is 0.378 e. The lowest BCUT2D eigenvalue weighted by Crippen LogP contribution is -2.15. The number of esters is 1.